The first-order valence-corrected chi connectivity index (χ1v) is 8.03. The van der Waals surface area contributed by atoms with Crippen LogP contribution in [-0.2, 0) is 6.42 Å². The van der Waals surface area contributed by atoms with E-state index in [1.165, 1.54) is 36.0 Å². The molecule has 0 aromatic heterocycles. The van der Waals surface area contributed by atoms with Crippen molar-refractivity contribution in [1.82, 2.24) is 5.32 Å². The minimum Gasteiger partial charge on any atom is -0.312 e. The maximum Gasteiger partial charge on any atom is 0.0389 e. The summed E-state index contributed by atoms with van der Waals surface area (Å²) in [4.78, 5) is 0. The van der Waals surface area contributed by atoms with Crippen molar-refractivity contribution in [2.75, 3.05) is 7.05 Å². The fourth-order valence-corrected chi connectivity index (χ4v) is 3.89. The Kier molecular flexibility index (Phi) is 4.12. The molecule has 0 saturated heterocycles. The number of likely N-dealkylation sites (N-methyl/N-ethyl adjacent to an activating group) is 1. The van der Waals surface area contributed by atoms with E-state index in [2.05, 4.69) is 68.7 Å². The van der Waals surface area contributed by atoms with Crippen LogP contribution in [0.25, 0.3) is 0 Å². The number of aryl methyl sites for hydroxylation is 3. The van der Waals surface area contributed by atoms with Gasteiger partial charge in [0.15, 0.2) is 0 Å². The Morgan fingerprint density at radius 1 is 1.10 bits per heavy atom. The molecule has 21 heavy (non-hydrogen) atoms. The molecular formula is C20H25N. The molecule has 110 valence electrons. The van der Waals surface area contributed by atoms with E-state index >= 15 is 0 Å². The van der Waals surface area contributed by atoms with Crippen LogP contribution in [-0.4, -0.2) is 7.05 Å². The molecule has 0 spiro atoms. The largest absolute Gasteiger partial charge is 0.312 e. The normalized spacial score (nSPS) is 19.1. The minimum absolute atomic E-state index is 0.409. The summed E-state index contributed by atoms with van der Waals surface area (Å²) in [5.41, 5.74) is 7.28. The molecule has 0 heterocycles. The summed E-state index contributed by atoms with van der Waals surface area (Å²) in [7, 11) is 2.10. The predicted molar refractivity (Wildman–Crippen MR) is 89.8 cm³/mol. The lowest BCUT2D eigenvalue weighted by Crippen LogP contribution is -2.27. The zero-order valence-electron chi connectivity index (χ0n) is 13.3. The molecule has 2 unspecified atom stereocenters. The highest BCUT2D eigenvalue weighted by Gasteiger charge is 2.28. The first-order chi connectivity index (χ1) is 10.2. The van der Waals surface area contributed by atoms with Crippen molar-refractivity contribution in [3.8, 4) is 0 Å². The van der Waals surface area contributed by atoms with Gasteiger partial charge in [0.25, 0.3) is 0 Å². The highest BCUT2D eigenvalue weighted by Crippen LogP contribution is 2.40. The molecule has 3 rings (SSSR count). The second kappa shape index (κ2) is 6.03. The van der Waals surface area contributed by atoms with E-state index < -0.39 is 0 Å². The van der Waals surface area contributed by atoms with Gasteiger partial charge in [-0.2, -0.15) is 0 Å². The second-order valence-corrected chi connectivity index (χ2v) is 6.32. The zero-order chi connectivity index (χ0) is 14.8. The van der Waals surface area contributed by atoms with Gasteiger partial charge in [0.05, 0.1) is 0 Å². The van der Waals surface area contributed by atoms with Gasteiger partial charge in [0.2, 0.25) is 0 Å². The number of hydrogen-bond donors (Lipinski definition) is 1. The first-order valence-electron chi connectivity index (χ1n) is 8.03. The lowest BCUT2D eigenvalue weighted by atomic mass is 9.76. The summed E-state index contributed by atoms with van der Waals surface area (Å²) in [6.07, 6.45) is 3.80. The molecule has 2 aromatic rings. The van der Waals surface area contributed by atoms with Crippen LogP contribution >= 0.6 is 0 Å². The molecule has 0 bridgehead atoms. The third-order valence-corrected chi connectivity index (χ3v) is 4.89. The van der Waals surface area contributed by atoms with Crippen molar-refractivity contribution in [2.24, 2.45) is 0 Å². The average Bonchev–Trinajstić information content (AvgIpc) is 2.50. The topological polar surface area (TPSA) is 12.0 Å². The van der Waals surface area contributed by atoms with Crippen molar-refractivity contribution in [3.63, 3.8) is 0 Å². The lowest BCUT2D eigenvalue weighted by Gasteiger charge is -2.33. The Bertz CT molecular complexity index is 629. The number of fused-ring (bicyclic) bond motifs is 1. The highest BCUT2D eigenvalue weighted by molar-refractivity contribution is 5.39. The fraction of sp³-hybridized carbons (Fsp3) is 0.400. The molecule has 0 saturated carbocycles. The van der Waals surface area contributed by atoms with Crippen molar-refractivity contribution in [3.05, 3.63) is 70.3 Å². The van der Waals surface area contributed by atoms with Crippen LogP contribution in [0.5, 0.6) is 0 Å². The summed E-state index contributed by atoms with van der Waals surface area (Å²) in [5, 5.41) is 3.59. The molecule has 0 amide bonds. The summed E-state index contributed by atoms with van der Waals surface area (Å²) in [6, 6.07) is 16.2. The molecule has 1 aliphatic carbocycles. The third kappa shape index (κ3) is 2.75. The van der Waals surface area contributed by atoms with Gasteiger partial charge in [-0.1, -0.05) is 48.0 Å². The van der Waals surface area contributed by atoms with Crippen LogP contribution in [0.1, 0.15) is 52.6 Å². The van der Waals surface area contributed by atoms with Gasteiger partial charge in [-0.05, 0) is 62.4 Å². The van der Waals surface area contributed by atoms with E-state index in [0.717, 1.165) is 0 Å². The molecule has 1 N–H and O–H groups in total. The van der Waals surface area contributed by atoms with Crippen LogP contribution < -0.4 is 5.32 Å². The number of hydrogen-bond acceptors (Lipinski definition) is 1. The first kappa shape index (κ1) is 14.3. The number of rotatable bonds is 3. The Morgan fingerprint density at radius 2 is 1.90 bits per heavy atom. The zero-order valence-corrected chi connectivity index (χ0v) is 13.3. The third-order valence-electron chi connectivity index (χ3n) is 4.89. The quantitative estimate of drug-likeness (QED) is 0.860. The van der Waals surface area contributed by atoms with Crippen molar-refractivity contribution in [2.45, 2.75) is 45.1 Å². The van der Waals surface area contributed by atoms with Crippen LogP contribution in [0, 0.1) is 13.8 Å². The van der Waals surface area contributed by atoms with Crippen molar-refractivity contribution >= 4 is 0 Å². The molecule has 2 aromatic carbocycles. The van der Waals surface area contributed by atoms with Crippen molar-refractivity contribution < 1.29 is 0 Å². The molecule has 2 atom stereocenters. The second-order valence-electron chi connectivity index (χ2n) is 6.32. The van der Waals surface area contributed by atoms with E-state index in [9.17, 15) is 0 Å². The fourth-order valence-electron chi connectivity index (χ4n) is 3.89. The monoisotopic (exact) mass is 279 g/mol. The van der Waals surface area contributed by atoms with Gasteiger partial charge in [-0.15, -0.1) is 0 Å². The number of benzene rings is 2. The maximum atomic E-state index is 3.59. The van der Waals surface area contributed by atoms with E-state index in [0.29, 0.717) is 12.0 Å². The Hall–Kier alpha value is -1.60. The van der Waals surface area contributed by atoms with E-state index in [1.54, 1.807) is 11.1 Å². The summed E-state index contributed by atoms with van der Waals surface area (Å²) < 4.78 is 0. The molecule has 1 heteroatoms. The van der Waals surface area contributed by atoms with Crippen LogP contribution in [0.3, 0.4) is 0 Å². The van der Waals surface area contributed by atoms with Gasteiger partial charge in [-0.25, -0.2) is 0 Å². The minimum atomic E-state index is 0.409. The van der Waals surface area contributed by atoms with Crippen LogP contribution in [0.2, 0.25) is 0 Å². The van der Waals surface area contributed by atoms with Gasteiger partial charge < -0.3 is 5.32 Å². The summed E-state index contributed by atoms with van der Waals surface area (Å²) >= 11 is 0. The maximum absolute atomic E-state index is 3.59. The van der Waals surface area contributed by atoms with E-state index in [4.69, 9.17) is 0 Å². The van der Waals surface area contributed by atoms with Gasteiger partial charge >= 0.3 is 0 Å². The van der Waals surface area contributed by atoms with Gasteiger partial charge in [0.1, 0.15) is 0 Å². The van der Waals surface area contributed by atoms with Gasteiger partial charge in [0, 0.05) is 12.0 Å². The number of nitrogens with one attached hydrogen (secondary N) is 1. The summed E-state index contributed by atoms with van der Waals surface area (Å²) in [6.45, 7) is 4.41. The SMILES string of the molecule is CNC(c1ccc(C)cc1C)C1CCCc2ccccc21. The molecule has 1 nitrogen and oxygen atoms in total. The summed E-state index contributed by atoms with van der Waals surface area (Å²) in [5.74, 6) is 0.585. The van der Waals surface area contributed by atoms with Gasteiger partial charge in [-0.3, -0.25) is 0 Å². The van der Waals surface area contributed by atoms with E-state index in [1.807, 2.05) is 0 Å². The standard InChI is InChI=1S/C20H25N/c1-14-11-12-17(15(2)13-14)20(21-3)19-10-6-8-16-7-4-5-9-18(16)19/h4-5,7,9,11-13,19-21H,6,8,10H2,1-3H3. The molecule has 0 aliphatic heterocycles. The molecule has 1 aliphatic rings. The van der Waals surface area contributed by atoms with Crippen molar-refractivity contribution in [1.29, 1.82) is 0 Å². The van der Waals surface area contributed by atoms with E-state index in [-0.39, 0.29) is 0 Å². The predicted octanol–water partition coefficient (Wildman–Crippen LogP) is 4.68. The Labute approximate surface area is 128 Å². The Morgan fingerprint density at radius 3 is 2.67 bits per heavy atom. The highest BCUT2D eigenvalue weighted by atomic mass is 14.9. The Balaban J connectivity index is 2.01. The van der Waals surface area contributed by atoms with Crippen LogP contribution in [0.4, 0.5) is 0 Å². The molecule has 0 fully saturated rings. The molecule has 0 radical (unpaired) electrons. The lowest BCUT2D eigenvalue weighted by molar-refractivity contribution is 0.423. The van der Waals surface area contributed by atoms with Crippen LogP contribution in [0.15, 0.2) is 42.5 Å². The average molecular weight is 279 g/mol. The smallest absolute Gasteiger partial charge is 0.0389 e. The molecular weight excluding hydrogens is 254 g/mol.